The van der Waals surface area contributed by atoms with Crippen LogP contribution in [0.1, 0.15) is 18.4 Å². The first kappa shape index (κ1) is 21.9. The average molecular weight is 401 g/mol. The summed E-state index contributed by atoms with van der Waals surface area (Å²) in [4.78, 5) is 25.8. The fraction of sp³-hybridized carbons (Fsp3) is 0.333. The molecule has 156 valence electrons. The van der Waals surface area contributed by atoms with E-state index >= 15 is 0 Å². The maximum absolute atomic E-state index is 12.3. The van der Waals surface area contributed by atoms with Gasteiger partial charge in [0.15, 0.2) is 0 Å². The fourth-order valence-corrected chi connectivity index (χ4v) is 2.66. The molecule has 2 amide bonds. The van der Waals surface area contributed by atoms with Gasteiger partial charge in [0.2, 0.25) is 5.91 Å². The van der Waals surface area contributed by atoms with Crippen molar-refractivity contribution in [1.29, 1.82) is 0 Å². The number of nitrogens with one attached hydrogen (secondary N) is 1. The van der Waals surface area contributed by atoms with Gasteiger partial charge in [-0.25, -0.2) is 4.79 Å². The van der Waals surface area contributed by atoms with Crippen LogP contribution in [0.2, 0.25) is 0 Å². The lowest BCUT2D eigenvalue weighted by atomic mass is 10.2. The van der Waals surface area contributed by atoms with Gasteiger partial charge in [0.05, 0.1) is 14.2 Å². The zero-order valence-electron chi connectivity index (χ0n) is 16.9. The van der Waals surface area contributed by atoms with Crippen LogP contribution in [0, 0.1) is 0 Å². The molecule has 0 aliphatic rings. The molecule has 0 aromatic heterocycles. The lowest BCUT2D eigenvalue weighted by Gasteiger charge is -2.17. The molecule has 3 N–H and O–H groups in total. The van der Waals surface area contributed by atoms with Gasteiger partial charge >= 0.3 is 6.09 Å². The van der Waals surface area contributed by atoms with Crippen LogP contribution in [-0.4, -0.2) is 44.7 Å². The third-order valence-corrected chi connectivity index (χ3v) is 4.29. The summed E-state index contributed by atoms with van der Waals surface area (Å²) in [6, 6.07) is 12.8. The minimum atomic E-state index is -0.437. The molecule has 0 bridgehead atoms. The number of anilines is 2. The van der Waals surface area contributed by atoms with E-state index in [0.717, 1.165) is 5.56 Å². The summed E-state index contributed by atoms with van der Waals surface area (Å²) in [6.07, 6.45) is 0.235. The molecule has 0 unspecified atom stereocenters. The highest BCUT2D eigenvalue weighted by Crippen LogP contribution is 2.37. The van der Waals surface area contributed by atoms with E-state index in [1.165, 1.54) is 19.1 Å². The van der Waals surface area contributed by atoms with Crippen molar-refractivity contribution in [2.45, 2.75) is 19.4 Å². The average Bonchev–Trinajstić information content (AvgIpc) is 2.74. The van der Waals surface area contributed by atoms with Crippen molar-refractivity contribution in [2.24, 2.45) is 0 Å². The summed E-state index contributed by atoms with van der Waals surface area (Å²) < 4.78 is 15.7. The van der Waals surface area contributed by atoms with Gasteiger partial charge in [0, 0.05) is 20.0 Å². The highest BCUT2D eigenvalue weighted by Gasteiger charge is 2.16. The van der Waals surface area contributed by atoms with Gasteiger partial charge in [-0.3, -0.25) is 4.79 Å². The summed E-state index contributed by atoms with van der Waals surface area (Å²) in [5, 5.41) is 2.75. The second kappa shape index (κ2) is 10.8. The zero-order chi connectivity index (χ0) is 21.2. The predicted octanol–water partition coefficient (Wildman–Crippen LogP) is 3.27. The molecule has 0 saturated carbocycles. The molecule has 2 rings (SSSR count). The third kappa shape index (κ3) is 6.31. The number of nitrogens with zero attached hydrogens (tertiary/aromatic N) is 1. The van der Waals surface area contributed by atoms with Gasteiger partial charge in [0.25, 0.3) is 0 Å². The largest absolute Gasteiger partial charge is 0.495 e. The van der Waals surface area contributed by atoms with Crippen molar-refractivity contribution < 1.29 is 23.8 Å². The van der Waals surface area contributed by atoms with Crippen LogP contribution in [0.5, 0.6) is 11.5 Å². The SMILES string of the molecule is COc1ccc(OC)c(NC(=O)CCCN(C)C(=O)OCc2ccccc2)c1N. The van der Waals surface area contributed by atoms with Crippen LogP contribution < -0.4 is 20.5 Å². The number of carbonyl (C=O) groups is 2. The number of benzene rings is 2. The lowest BCUT2D eigenvalue weighted by Crippen LogP contribution is -2.29. The van der Waals surface area contributed by atoms with Crippen LogP contribution in [0.15, 0.2) is 42.5 Å². The molecule has 2 aromatic carbocycles. The number of rotatable bonds is 9. The number of amides is 2. The molecule has 0 radical (unpaired) electrons. The molecule has 0 fully saturated rings. The summed E-state index contributed by atoms with van der Waals surface area (Å²) in [7, 11) is 4.62. The van der Waals surface area contributed by atoms with Gasteiger partial charge in [-0.05, 0) is 24.1 Å². The predicted molar refractivity (Wildman–Crippen MR) is 111 cm³/mol. The number of methoxy groups -OCH3 is 2. The van der Waals surface area contributed by atoms with Gasteiger partial charge in [-0.1, -0.05) is 30.3 Å². The maximum atomic E-state index is 12.3. The van der Waals surface area contributed by atoms with Crippen molar-refractivity contribution in [3.63, 3.8) is 0 Å². The topological polar surface area (TPSA) is 103 Å². The normalized spacial score (nSPS) is 10.2. The Balaban J connectivity index is 1.80. The van der Waals surface area contributed by atoms with E-state index in [4.69, 9.17) is 19.9 Å². The molecule has 0 aliphatic heterocycles. The Morgan fingerprint density at radius 2 is 1.69 bits per heavy atom. The fourth-order valence-electron chi connectivity index (χ4n) is 2.66. The maximum Gasteiger partial charge on any atom is 0.409 e. The number of nitrogen functional groups attached to an aromatic ring is 1. The first-order valence-corrected chi connectivity index (χ1v) is 9.18. The van der Waals surface area contributed by atoms with E-state index in [0.29, 0.717) is 35.8 Å². The molecule has 0 atom stereocenters. The van der Waals surface area contributed by atoms with E-state index in [1.807, 2.05) is 30.3 Å². The molecule has 0 saturated heterocycles. The lowest BCUT2D eigenvalue weighted by molar-refractivity contribution is -0.116. The Morgan fingerprint density at radius 1 is 1.03 bits per heavy atom. The Bertz CT molecular complexity index is 827. The van der Waals surface area contributed by atoms with E-state index in [2.05, 4.69) is 5.32 Å². The second-order valence-corrected chi connectivity index (χ2v) is 6.37. The molecule has 0 aliphatic carbocycles. The first-order chi connectivity index (χ1) is 14.0. The minimum Gasteiger partial charge on any atom is -0.495 e. The Hall–Kier alpha value is -3.42. The smallest absolute Gasteiger partial charge is 0.409 e. The Labute approximate surface area is 170 Å². The van der Waals surface area contributed by atoms with Crippen molar-refractivity contribution in [2.75, 3.05) is 38.9 Å². The summed E-state index contributed by atoms with van der Waals surface area (Å²) in [6.45, 7) is 0.588. The van der Waals surface area contributed by atoms with Gasteiger partial charge < -0.3 is 30.2 Å². The van der Waals surface area contributed by atoms with E-state index in [1.54, 1.807) is 19.2 Å². The molecule has 0 heterocycles. The van der Waals surface area contributed by atoms with E-state index in [-0.39, 0.29) is 18.9 Å². The highest BCUT2D eigenvalue weighted by molar-refractivity contribution is 5.97. The standard InChI is InChI=1S/C21H27N3O5/c1-24(21(26)29-14-15-8-5-4-6-9-15)13-7-10-18(25)23-20-17(28-3)12-11-16(27-2)19(20)22/h4-6,8-9,11-12H,7,10,13-14,22H2,1-3H3,(H,23,25). The number of carbonyl (C=O) groups excluding carboxylic acids is 2. The van der Waals surface area contributed by atoms with Crippen LogP contribution in [-0.2, 0) is 16.1 Å². The quantitative estimate of drug-likeness (QED) is 0.625. The second-order valence-electron chi connectivity index (χ2n) is 6.37. The van der Waals surface area contributed by atoms with Crippen LogP contribution in [0.3, 0.4) is 0 Å². The number of nitrogens with two attached hydrogens (primary N) is 1. The summed E-state index contributed by atoms with van der Waals surface area (Å²) in [5.74, 6) is 0.648. The van der Waals surface area contributed by atoms with E-state index < -0.39 is 6.09 Å². The summed E-state index contributed by atoms with van der Waals surface area (Å²) >= 11 is 0. The molecule has 29 heavy (non-hydrogen) atoms. The van der Waals surface area contributed by atoms with E-state index in [9.17, 15) is 9.59 Å². The first-order valence-electron chi connectivity index (χ1n) is 9.18. The molecular weight excluding hydrogens is 374 g/mol. The van der Waals surface area contributed by atoms with Crippen molar-refractivity contribution >= 4 is 23.4 Å². The van der Waals surface area contributed by atoms with Gasteiger partial charge in [-0.2, -0.15) is 0 Å². The molecule has 8 heteroatoms. The van der Waals surface area contributed by atoms with Crippen LogP contribution in [0.4, 0.5) is 16.2 Å². The Kier molecular flexibility index (Phi) is 8.14. The summed E-state index contributed by atoms with van der Waals surface area (Å²) in [5.41, 5.74) is 7.60. The minimum absolute atomic E-state index is 0.204. The zero-order valence-corrected chi connectivity index (χ0v) is 16.9. The number of hydrogen-bond acceptors (Lipinski definition) is 6. The molecular formula is C21H27N3O5. The van der Waals surface area contributed by atoms with Crippen LogP contribution >= 0.6 is 0 Å². The van der Waals surface area contributed by atoms with Crippen molar-refractivity contribution in [3.05, 3.63) is 48.0 Å². The molecule has 0 spiro atoms. The molecule has 8 nitrogen and oxygen atoms in total. The number of hydrogen-bond donors (Lipinski definition) is 2. The Morgan fingerprint density at radius 3 is 2.34 bits per heavy atom. The van der Waals surface area contributed by atoms with Gasteiger partial charge in [-0.15, -0.1) is 0 Å². The third-order valence-electron chi connectivity index (χ3n) is 4.29. The van der Waals surface area contributed by atoms with Crippen molar-refractivity contribution in [3.8, 4) is 11.5 Å². The van der Waals surface area contributed by atoms with Crippen molar-refractivity contribution in [1.82, 2.24) is 4.90 Å². The van der Waals surface area contributed by atoms with Gasteiger partial charge in [0.1, 0.15) is 29.5 Å². The monoisotopic (exact) mass is 401 g/mol. The highest BCUT2D eigenvalue weighted by atomic mass is 16.6. The van der Waals surface area contributed by atoms with Crippen LogP contribution in [0.25, 0.3) is 0 Å². The number of ether oxygens (including phenoxy) is 3. The molecule has 2 aromatic rings.